The van der Waals surface area contributed by atoms with Crippen molar-refractivity contribution >= 4 is 0 Å². The summed E-state index contributed by atoms with van der Waals surface area (Å²) >= 11 is 0. The van der Waals surface area contributed by atoms with Crippen molar-refractivity contribution in [3.05, 3.63) is 48.3 Å². The lowest BCUT2D eigenvalue weighted by Gasteiger charge is -2.21. The number of rotatable bonds is 5. The van der Waals surface area contributed by atoms with E-state index in [0.29, 0.717) is 0 Å². The van der Waals surface area contributed by atoms with Gasteiger partial charge in [-0.1, -0.05) is 18.2 Å². The van der Waals surface area contributed by atoms with Gasteiger partial charge < -0.3 is 5.11 Å². The quantitative estimate of drug-likeness (QED) is 0.871. The van der Waals surface area contributed by atoms with Gasteiger partial charge in [-0.25, -0.2) is 4.68 Å². The number of para-hydroxylation sites is 1. The highest BCUT2D eigenvalue weighted by Crippen LogP contribution is 2.09. The molecular formula is C14H19N3O. The average Bonchev–Trinajstić information content (AvgIpc) is 2.87. The molecule has 1 aromatic carbocycles. The normalized spacial score (nSPS) is 12.9. The molecule has 0 aliphatic rings. The fourth-order valence-corrected chi connectivity index (χ4v) is 1.72. The largest absolute Gasteiger partial charge is 0.395 e. The van der Waals surface area contributed by atoms with E-state index < -0.39 is 0 Å². The standard InChI is InChI=1S/C14H19N3O/c1-12(11-18)16(2)10-13-8-9-17(15-13)14-6-4-3-5-7-14/h3-9,12,18H,10-11H2,1-2H3. The second-order valence-electron chi connectivity index (χ2n) is 4.53. The van der Waals surface area contributed by atoms with Crippen LogP contribution in [0.4, 0.5) is 0 Å². The fourth-order valence-electron chi connectivity index (χ4n) is 1.72. The Bertz CT molecular complexity index is 481. The fraction of sp³-hybridized carbons (Fsp3) is 0.357. The number of nitrogens with zero attached hydrogens (tertiary/aromatic N) is 3. The van der Waals surface area contributed by atoms with Gasteiger partial charge in [0.2, 0.25) is 0 Å². The van der Waals surface area contributed by atoms with Crippen LogP contribution in [0.5, 0.6) is 0 Å². The number of hydrogen-bond acceptors (Lipinski definition) is 3. The summed E-state index contributed by atoms with van der Waals surface area (Å²) in [5, 5.41) is 13.6. The minimum absolute atomic E-state index is 0.145. The molecule has 4 nitrogen and oxygen atoms in total. The van der Waals surface area contributed by atoms with E-state index in [2.05, 4.69) is 10.00 Å². The van der Waals surface area contributed by atoms with Crippen LogP contribution in [0.15, 0.2) is 42.6 Å². The van der Waals surface area contributed by atoms with Crippen molar-refractivity contribution in [3.8, 4) is 5.69 Å². The smallest absolute Gasteiger partial charge is 0.0769 e. The third-order valence-electron chi connectivity index (χ3n) is 3.09. The van der Waals surface area contributed by atoms with Crippen LogP contribution in [-0.4, -0.2) is 39.5 Å². The predicted molar refractivity (Wildman–Crippen MR) is 71.6 cm³/mol. The van der Waals surface area contributed by atoms with Crippen molar-refractivity contribution < 1.29 is 5.11 Å². The van der Waals surface area contributed by atoms with E-state index >= 15 is 0 Å². The highest BCUT2D eigenvalue weighted by atomic mass is 16.3. The first kappa shape index (κ1) is 12.8. The van der Waals surface area contributed by atoms with Crippen molar-refractivity contribution in [1.29, 1.82) is 0 Å². The number of benzene rings is 1. The van der Waals surface area contributed by atoms with Gasteiger partial charge in [0, 0.05) is 18.8 Å². The predicted octanol–water partition coefficient (Wildman–Crippen LogP) is 1.68. The molecule has 2 aromatic rings. The van der Waals surface area contributed by atoms with Gasteiger partial charge in [0.1, 0.15) is 0 Å². The van der Waals surface area contributed by atoms with E-state index in [4.69, 9.17) is 5.11 Å². The monoisotopic (exact) mass is 245 g/mol. The molecule has 2 rings (SSSR count). The third kappa shape index (κ3) is 2.97. The molecular weight excluding hydrogens is 226 g/mol. The van der Waals surface area contributed by atoms with Gasteiger partial charge in [-0.15, -0.1) is 0 Å². The van der Waals surface area contributed by atoms with Gasteiger partial charge in [-0.3, -0.25) is 4.90 Å². The zero-order chi connectivity index (χ0) is 13.0. The topological polar surface area (TPSA) is 41.3 Å². The molecule has 0 amide bonds. The van der Waals surface area contributed by atoms with Crippen LogP contribution >= 0.6 is 0 Å². The van der Waals surface area contributed by atoms with Crippen molar-refractivity contribution in [2.45, 2.75) is 19.5 Å². The maximum atomic E-state index is 9.10. The summed E-state index contributed by atoms with van der Waals surface area (Å²) in [6.45, 7) is 2.89. The average molecular weight is 245 g/mol. The zero-order valence-corrected chi connectivity index (χ0v) is 10.8. The summed E-state index contributed by atoms with van der Waals surface area (Å²) in [6.07, 6.45) is 1.96. The number of hydrogen-bond donors (Lipinski definition) is 1. The van der Waals surface area contributed by atoms with Gasteiger partial charge in [0.25, 0.3) is 0 Å². The van der Waals surface area contributed by atoms with E-state index in [-0.39, 0.29) is 12.6 Å². The Balaban J connectivity index is 2.07. The molecule has 96 valence electrons. The summed E-state index contributed by atoms with van der Waals surface area (Å²) < 4.78 is 1.87. The third-order valence-corrected chi connectivity index (χ3v) is 3.09. The lowest BCUT2D eigenvalue weighted by Crippen LogP contribution is -2.31. The summed E-state index contributed by atoms with van der Waals surface area (Å²) in [5.41, 5.74) is 2.06. The van der Waals surface area contributed by atoms with E-state index in [1.807, 2.05) is 61.2 Å². The van der Waals surface area contributed by atoms with Gasteiger partial charge in [0.15, 0.2) is 0 Å². The number of likely N-dealkylation sites (N-methyl/N-ethyl adjacent to an activating group) is 1. The van der Waals surface area contributed by atoms with E-state index in [1.165, 1.54) is 0 Å². The zero-order valence-electron chi connectivity index (χ0n) is 10.8. The molecule has 0 bridgehead atoms. The Morgan fingerprint density at radius 2 is 2.00 bits per heavy atom. The SMILES string of the molecule is CC(CO)N(C)Cc1ccn(-c2ccccc2)n1. The molecule has 1 N–H and O–H groups in total. The first-order valence-electron chi connectivity index (χ1n) is 6.12. The van der Waals surface area contributed by atoms with Gasteiger partial charge in [-0.05, 0) is 32.2 Å². The molecule has 0 radical (unpaired) electrons. The maximum Gasteiger partial charge on any atom is 0.0769 e. The Morgan fingerprint density at radius 3 is 2.67 bits per heavy atom. The molecule has 0 saturated heterocycles. The Hall–Kier alpha value is -1.65. The van der Waals surface area contributed by atoms with Gasteiger partial charge in [0.05, 0.1) is 18.0 Å². The molecule has 0 saturated carbocycles. The number of aromatic nitrogens is 2. The molecule has 1 atom stereocenters. The van der Waals surface area contributed by atoms with E-state index in [1.54, 1.807) is 0 Å². The van der Waals surface area contributed by atoms with Crippen LogP contribution in [0.3, 0.4) is 0 Å². The summed E-state index contributed by atoms with van der Waals surface area (Å²) in [6, 6.07) is 12.2. The second kappa shape index (κ2) is 5.80. The Labute approximate surface area is 107 Å². The highest BCUT2D eigenvalue weighted by molar-refractivity contribution is 5.30. The summed E-state index contributed by atoms with van der Waals surface area (Å²) in [4.78, 5) is 2.08. The number of aliphatic hydroxyl groups is 1. The van der Waals surface area contributed by atoms with Crippen LogP contribution in [0.1, 0.15) is 12.6 Å². The summed E-state index contributed by atoms with van der Waals surface area (Å²) in [5.74, 6) is 0. The van der Waals surface area contributed by atoms with Crippen LogP contribution in [0, 0.1) is 0 Å². The van der Waals surface area contributed by atoms with Crippen molar-refractivity contribution in [3.63, 3.8) is 0 Å². The van der Waals surface area contributed by atoms with Gasteiger partial charge in [-0.2, -0.15) is 5.10 Å². The second-order valence-corrected chi connectivity index (χ2v) is 4.53. The van der Waals surface area contributed by atoms with Crippen molar-refractivity contribution in [2.24, 2.45) is 0 Å². The van der Waals surface area contributed by atoms with E-state index in [0.717, 1.165) is 17.9 Å². The van der Waals surface area contributed by atoms with Crippen LogP contribution in [-0.2, 0) is 6.54 Å². The number of aliphatic hydroxyl groups excluding tert-OH is 1. The highest BCUT2D eigenvalue weighted by Gasteiger charge is 2.10. The minimum Gasteiger partial charge on any atom is -0.395 e. The molecule has 18 heavy (non-hydrogen) atoms. The van der Waals surface area contributed by atoms with Crippen molar-refractivity contribution in [2.75, 3.05) is 13.7 Å². The molecule has 1 heterocycles. The van der Waals surface area contributed by atoms with Crippen LogP contribution in [0.25, 0.3) is 5.69 Å². The lowest BCUT2D eigenvalue weighted by molar-refractivity contribution is 0.152. The first-order valence-corrected chi connectivity index (χ1v) is 6.12. The maximum absolute atomic E-state index is 9.10. The Kier molecular flexibility index (Phi) is 4.12. The van der Waals surface area contributed by atoms with E-state index in [9.17, 15) is 0 Å². The Morgan fingerprint density at radius 1 is 1.28 bits per heavy atom. The first-order chi connectivity index (χ1) is 8.70. The molecule has 0 fully saturated rings. The molecule has 0 aliphatic carbocycles. The van der Waals surface area contributed by atoms with Gasteiger partial charge >= 0.3 is 0 Å². The van der Waals surface area contributed by atoms with Crippen LogP contribution < -0.4 is 0 Å². The molecule has 4 heteroatoms. The minimum atomic E-state index is 0.145. The summed E-state index contributed by atoms with van der Waals surface area (Å²) in [7, 11) is 1.99. The molecule has 1 unspecified atom stereocenters. The molecule has 1 aromatic heterocycles. The van der Waals surface area contributed by atoms with Crippen LogP contribution in [0.2, 0.25) is 0 Å². The molecule has 0 spiro atoms. The molecule has 0 aliphatic heterocycles. The van der Waals surface area contributed by atoms with Crippen molar-refractivity contribution in [1.82, 2.24) is 14.7 Å². The lowest BCUT2D eigenvalue weighted by atomic mass is 10.3.